The number of unbranched alkanes of at least 4 members (excludes halogenated alkanes) is 2. The van der Waals surface area contributed by atoms with E-state index in [1.807, 2.05) is 48.5 Å². The zero-order valence-electron chi connectivity index (χ0n) is 57.7. The average Bonchev–Trinajstić information content (AvgIpc) is 1.50. The fraction of sp³-hybridized carbons (Fsp3) is 0.440. The molecule has 4 aromatic carbocycles. The fourth-order valence-corrected chi connectivity index (χ4v) is 13.6. The molecule has 6 heterocycles. The highest BCUT2D eigenvalue weighted by atomic mass is 19.1. The van der Waals surface area contributed by atoms with Gasteiger partial charge in [0, 0.05) is 91.7 Å². The first kappa shape index (κ1) is 75.0. The number of nitrogens with one attached hydrogen (secondary N) is 5. The summed E-state index contributed by atoms with van der Waals surface area (Å²) in [6, 6.07) is 20.3. The molecule has 29 heteroatoms. The molecule has 550 valence electrons. The van der Waals surface area contributed by atoms with Gasteiger partial charge in [-0.1, -0.05) is 55.2 Å². The number of carboxylic acid groups (broad SMARTS) is 1. The average molecular weight is 1440 g/mol. The lowest BCUT2D eigenvalue weighted by atomic mass is 9.81. The number of aromatic nitrogens is 2. The number of anilines is 1. The van der Waals surface area contributed by atoms with Crippen molar-refractivity contribution in [3.05, 3.63) is 156 Å². The van der Waals surface area contributed by atoms with Crippen LogP contribution in [0.2, 0.25) is 0 Å². The Balaban J connectivity index is 0.740. The first-order valence-corrected chi connectivity index (χ1v) is 34.7. The number of aliphatic hydroxyl groups excluding tert-OH is 3. The van der Waals surface area contributed by atoms with Gasteiger partial charge < -0.3 is 90.0 Å². The second-order valence-corrected chi connectivity index (χ2v) is 26.2. The Kier molecular flexibility index (Phi) is 24.2. The van der Waals surface area contributed by atoms with E-state index in [4.69, 9.17) is 33.4 Å². The molecule has 5 aliphatic rings. The van der Waals surface area contributed by atoms with E-state index < -0.39 is 102 Å². The van der Waals surface area contributed by atoms with Crippen molar-refractivity contribution in [2.24, 2.45) is 0 Å². The summed E-state index contributed by atoms with van der Waals surface area (Å²) in [5, 5.41) is 67.9. The molecule has 104 heavy (non-hydrogen) atoms. The number of rotatable bonds is 30. The molecule has 1 saturated heterocycles. The number of aliphatic carboxylic acids is 1. The normalized spacial score (nSPS) is 19.9. The summed E-state index contributed by atoms with van der Waals surface area (Å²) in [6.07, 6.45) is -8.69. The summed E-state index contributed by atoms with van der Waals surface area (Å²) >= 11 is 0. The number of alkyl carbamates (subject to hydrolysis) is 1. The van der Waals surface area contributed by atoms with Crippen LogP contribution in [0.3, 0.4) is 0 Å². The molecule has 0 bridgehead atoms. The third-order valence-corrected chi connectivity index (χ3v) is 19.4. The van der Waals surface area contributed by atoms with Gasteiger partial charge in [-0.05, 0) is 123 Å². The number of hydrogen-bond acceptors (Lipinski definition) is 20. The third kappa shape index (κ3) is 16.7. The summed E-state index contributed by atoms with van der Waals surface area (Å²) in [7, 11) is 1.54. The molecule has 0 spiro atoms. The Morgan fingerprint density at radius 2 is 1.56 bits per heavy atom. The Bertz CT molecular complexity index is 4440. The van der Waals surface area contributed by atoms with Gasteiger partial charge in [-0.3, -0.25) is 28.8 Å². The fourth-order valence-electron chi connectivity index (χ4n) is 13.6. The quantitative estimate of drug-likeness (QED) is 0.0172. The summed E-state index contributed by atoms with van der Waals surface area (Å²) in [6.45, 7) is 3.42. The lowest BCUT2D eigenvalue weighted by Gasteiger charge is -2.38. The van der Waals surface area contributed by atoms with Gasteiger partial charge in [0.25, 0.3) is 5.56 Å². The highest BCUT2D eigenvalue weighted by Crippen LogP contribution is 2.46. The van der Waals surface area contributed by atoms with Gasteiger partial charge in [0.2, 0.25) is 35.8 Å². The number of aryl methyl sites for hydroxylation is 1. The van der Waals surface area contributed by atoms with E-state index in [2.05, 4.69) is 38.4 Å². The van der Waals surface area contributed by atoms with E-state index in [-0.39, 0.29) is 130 Å². The molecular weight excluding hydrogens is 1350 g/mol. The number of pyridine rings is 2. The molecule has 6 aromatic rings. The van der Waals surface area contributed by atoms with Crippen LogP contribution in [-0.4, -0.2) is 159 Å². The molecule has 28 nitrogen and oxygen atoms in total. The van der Waals surface area contributed by atoms with Crippen LogP contribution in [0.25, 0.3) is 22.3 Å². The monoisotopic (exact) mass is 1430 g/mol. The van der Waals surface area contributed by atoms with Crippen LogP contribution in [0.1, 0.15) is 145 Å². The summed E-state index contributed by atoms with van der Waals surface area (Å²) < 4.78 is 49.9. The van der Waals surface area contributed by atoms with Gasteiger partial charge >= 0.3 is 18.0 Å². The van der Waals surface area contributed by atoms with Crippen molar-refractivity contribution >= 4 is 64.2 Å². The van der Waals surface area contributed by atoms with Crippen LogP contribution in [0, 0.1) is 24.6 Å². The number of carbonyl (C=O) groups excluding carboxylic acids is 7. The Labute approximate surface area is 596 Å². The largest absolute Gasteiger partial charge is 0.479 e. The van der Waals surface area contributed by atoms with Gasteiger partial charge in [0.1, 0.15) is 49.1 Å². The SMILES string of the molecule is CCC1(O)C(=O)OCc2c1cc1n(c2=O)Cc2c-1nc1cc(F)c(C)c3c1c2C(NC(=O)OCc1ccc(OC2OC(C(=O)O)C(O)C(O)C2O)c(CNC(=O)CCNC(=O)C(CCCCNC(=O)CCOCCOC)NC(=O)CCCCC(=O)N2Cc4ccccc4C#Cc4ccccc42)c1)CC3. The predicted molar refractivity (Wildman–Crippen MR) is 369 cm³/mol. The number of benzene rings is 4. The Morgan fingerprint density at radius 3 is 2.35 bits per heavy atom. The number of aliphatic hydroxyl groups is 4. The second kappa shape index (κ2) is 33.5. The molecule has 2 aromatic heterocycles. The van der Waals surface area contributed by atoms with E-state index in [9.17, 15) is 68.7 Å². The topological polar surface area (TPSA) is 391 Å². The first-order chi connectivity index (χ1) is 50.1. The van der Waals surface area contributed by atoms with E-state index in [0.29, 0.717) is 102 Å². The van der Waals surface area contributed by atoms with Crippen LogP contribution in [0.4, 0.5) is 14.9 Å². The van der Waals surface area contributed by atoms with Gasteiger partial charge in [0.15, 0.2) is 11.7 Å². The van der Waals surface area contributed by atoms with Crippen molar-refractivity contribution in [2.75, 3.05) is 44.9 Å². The van der Waals surface area contributed by atoms with Crippen molar-refractivity contribution in [3.63, 3.8) is 0 Å². The number of ether oxygens (including phenoxy) is 6. The van der Waals surface area contributed by atoms with E-state index >= 15 is 4.39 Å². The minimum Gasteiger partial charge on any atom is -0.479 e. The van der Waals surface area contributed by atoms with Gasteiger partial charge in [-0.2, -0.15) is 0 Å². The first-order valence-electron chi connectivity index (χ1n) is 34.7. The molecule has 8 atom stereocenters. The lowest BCUT2D eigenvalue weighted by Crippen LogP contribution is -2.61. The number of nitrogens with zero attached hydrogens (tertiary/aromatic N) is 3. The smallest absolute Gasteiger partial charge is 0.407 e. The number of methoxy groups -OCH3 is 1. The van der Waals surface area contributed by atoms with Crippen LogP contribution in [0.5, 0.6) is 5.75 Å². The van der Waals surface area contributed by atoms with Crippen LogP contribution in [0.15, 0.2) is 83.7 Å². The molecule has 10 N–H and O–H groups in total. The second-order valence-electron chi connectivity index (χ2n) is 26.2. The predicted octanol–water partition coefficient (Wildman–Crippen LogP) is 4.17. The molecular formula is C75H83FN8O20. The highest BCUT2D eigenvalue weighted by Gasteiger charge is 2.49. The van der Waals surface area contributed by atoms with Crippen molar-refractivity contribution in [1.82, 2.24) is 36.1 Å². The van der Waals surface area contributed by atoms with Gasteiger partial charge in [-0.25, -0.2) is 23.8 Å². The molecule has 4 aliphatic heterocycles. The molecule has 1 fully saturated rings. The van der Waals surface area contributed by atoms with E-state index in [1.54, 1.807) is 25.9 Å². The zero-order valence-corrected chi connectivity index (χ0v) is 57.7. The van der Waals surface area contributed by atoms with Crippen molar-refractivity contribution in [2.45, 2.75) is 172 Å². The number of halogens is 1. The highest BCUT2D eigenvalue weighted by molar-refractivity contribution is 5.96. The Morgan fingerprint density at radius 1 is 0.798 bits per heavy atom. The number of cyclic esters (lactones) is 1. The maximum Gasteiger partial charge on any atom is 0.407 e. The van der Waals surface area contributed by atoms with Gasteiger partial charge in [0.05, 0.1) is 67.1 Å². The lowest BCUT2D eigenvalue weighted by molar-refractivity contribution is -0.271. The van der Waals surface area contributed by atoms with Gasteiger partial charge in [-0.15, -0.1) is 0 Å². The molecule has 0 radical (unpaired) electrons. The number of fused-ring (bicyclic) bond motifs is 7. The summed E-state index contributed by atoms with van der Waals surface area (Å²) in [5.41, 5.74) is 4.14. The molecule has 8 unspecified atom stereocenters. The van der Waals surface area contributed by atoms with E-state index in [1.165, 1.54) is 34.9 Å². The molecule has 0 saturated carbocycles. The number of amides is 6. The maximum atomic E-state index is 15.7. The minimum atomic E-state index is -2.11. The number of para-hydroxylation sites is 1. The maximum absolute atomic E-state index is 15.7. The van der Waals surface area contributed by atoms with Crippen molar-refractivity contribution in [1.29, 1.82) is 0 Å². The number of esters is 1. The van der Waals surface area contributed by atoms with Crippen LogP contribution in [-0.2, 0) is 102 Å². The zero-order chi connectivity index (χ0) is 73.9. The van der Waals surface area contributed by atoms with Crippen molar-refractivity contribution < 1.29 is 96.7 Å². The van der Waals surface area contributed by atoms with E-state index in [0.717, 1.165) is 11.1 Å². The van der Waals surface area contributed by atoms with Crippen LogP contribution >= 0.6 is 0 Å². The standard InChI is InChI=1S/C75H83FN8O20/c1-4-75(98)50-34-56-64-48(38-84(56)70(93)49(50)40-101-73(75)96)63-52(24-23-47-41(2)51(76)35-54(81-64)62(47)63)82-74(97)102-39-42-20-25-57(103-72-67(91)65(89)66(90)68(104-72)71(94)95)46(33-42)36-79-58(85)26-29-78-69(92)53(16-11-12-28-77-59(86)27-30-100-32-31-99-3)80-60(87)18-9-10-19-61(88)83-37-45-15-6-5-13-43(45)21-22-44-14-7-8-17-55(44)83/h5-8,13-15,17,20,25,33-35,52-53,65-68,72,89-91,98H,4,9-12,16,18-19,23-24,26-32,36-40H2,1-3H3,(H,77,86)(H,78,92)(H,79,85)(H,80,87)(H,82,97)(H,94,95). The number of hydrogen-bond donors (Lipinski definition) is 10. The Hall–Kier alpha value is -10.2. The van der Waals surface area contributed by atoms with Crippen molar-refractivity contribution in [3.8, 4) is 29.0 Å². The molecule has 1 aliphatic carbocycles. The molecule has 11 rings (SSSR count). The summed E-state index contributed by atoms with van der Waals surface area (Å²) in [5.74, 6) is 1.19. The number of carbonyl (C=O) groups is 8. The minimum absolute atomic E-state index is 0.0103. The summed E-state index contributed by atoms with van der Waals surface area (Å²) in [4.78, 5) is 127. The third-order valence-electron chi connectivity index (χ3n) is 19.4. The molecule has 6 amide bonds. The van der Waals surface area contributed by atoms with Crippen LogP contribution < -0.4 is 41.8 Å². The number of carboxylic acids is 1.